The van der Waals surface area contributed by atoms with Crippen molar-refractivity contribution in [3.8, 4) is 11.4 Å². The van der Waals surface area contributed by atoms with Crippen LogP contribution in [0.4, 0.5) is 13.2 Å². The molecule has 3 aromatic heterocycles. The fourth-order valence-corrected chi connectivity index (χ4v) is 2.50. The van der Waals surface area contributed by atoms with E-state index in [-0.39, 0.29) is 23.4 Å². The van der Waals surface area contributed by atoms with Crippen molar-refractivity contribution in [2.24, 2.45) is 0 Å². The molecule has 4 rings (SSSR count). The van der Waals surface area contributed by atoms with E-state index < -0.39 is 17.6 Å². The van der Waals surface area contributed by atoms with Gasteiger partial charge in [-0.1, -0.05) is 10.3 Å². The number of hydrogen-bond donors (Lipinski definition) is 1. The Kier molecular flexibility index (Phi) is 3.48. The van der Waals surface area contributed by atoms with E-state index in [1.54, 1.807) is 6.07 Å². The smallest absolute Gasteiger partial charge is 0.361 e. The Balaban J connectivity index is 1.70. The van der Waals surface area contributed by atoms with Crippen molar-refractivity contribution in [1.82, 2.24) is 20.3 Å². The van der Waals surface area contributed by atoms with Crippen LogP contribution in [0.3, 0.4) is 0 Å². The van der Waals surface area contributed by atoms with Gasteiger partial charge in [-0.2, -0.15) is 18.2 Å². The summed E-state index contributed by atoms with van der Waals surface area (Å²) >= 11 is 0. The van der Waals surface area contributed by atoms with Crippen molar-refractivity contribution in [2.75, 3.05) is 0 Å². The topological polar surface area (TPSA) is 97.8 Å². The van der Waals surface area contributed by atoms with Crippen molar-refractivity contribution in [1.29, 1.82) is 0 Å². The summed E-state index contributed by atoms with van der Waals surface area (Å²) in [4.78, 5) is 18.0. The lowest BCUT2D eigenvalue weighted by Gasteiger charge is -2.02. The van der Waals surface area contributed by atoms with Crippen molar-refractivity contribution in [2.45, 2.75) is 31.4 Å². The van der Waals surface area contributed by atoms with Crippen molar-refractivity contribution in [3.63, 3.8) is 0 Å². The van der Waals surface area contributed by atoms with E-state index in [9.17, 15) is 18.0 Å². The van der Waals surface area contributed by atoms with Crippen LogP contribution >= 0.6 is 0 Å². The standard InChI is InChI=1S/C15H11F3N4O3/c16-15(17,18)14-20-12(22-25-14)9-3-4-19-13(23)10(9)5-8-6-11(24-21-8)7-1-2-7/h3-4,6-7H,1-2,5H2,(H,19,23). The lowest BCUT2D eigenvalue weighted by molar-refractivity contribution is -0.159. The van der Waals surface area contributed by atoms with Gasteiger partial charge in [0, 0.05) is 35.7 Å². The maximum Gasteiger partial charge on any atom is 0.471 e. The molecule has 1 N–H and O–H groups in total. The average Bonchev–Trinajstić information content (AvgIpc) is 3.09. The summed E-state index contributed by atoms with van der Waals surface area (Å²) in [5.74, 6) is -0.658. The summed E-state index contributed by atoms with van der Waals surface area (Å²) in [6, 6.07) is 3.18. The minimum Gasteiger partial charge on any atom is -0.361 e. The number of nitrogens with one attached hydrogen (secondary N) is 1. The molecule has 1 fully saturated rings. The van der Waals surface area contributed by atoms with E-state index >= 15 is 0 Å². The first-order valence-electron chi connectivity index (χ1n) is 7.49. The molecule has 0 bridgehead atoms. The summed E-state index contributed by atoms with van der Waals surface area (Å²) < 4.78 is 47.4. The maximum atomic E-state index is 12.6. The van der Waals surface area contributed by atoms with Crippen LogP contribution in [-0.4, -0.2) is 20.3 Å². The first kappa shape index (κ1) is 15.6. The van der Waals surface area contributed by atoms with Crippen molar-refractivity contribution < 1.29 is 22.2 Å². The highest BCUT2D eigenvalue weighted by molar-refractivity contribution is 5.59. The summed E-state index contributed by atoms with van der Waals surface area (Å²) in [5.41, 5.74) is 0.387. The van der Waals surface area contributed by atoms with Gasteiger partial charge in [0.25, 0.3) is 5.56 Å². The third-order valence-electron chi connectivity index (χ3n) is 3.89. The highest BCUT2D eigenvalue weighted by Gasteiger charge is 2.38. The monoisotopic (exact) mass is 352 g/mol. The minimum absolute atomic E-state index is 0.0810. The van der Waals surface area contributed by atoms with E-state index in [2.05, 4.69) is 24.8 Å². The molecule has 0 radical (unpaired) electrons. The van der Waals surface area contributed by atoms with Crippen LogP contribution in [0.1, 0.15) is 41.7 Å². The number of hydrogen-bond acceptors (Lipinski definition) is 6. The van der Waals surface area contributed by atoms with Gasteiger partial charge >= 0.3 is 12.1 Å². The molecule has 0 spiro atoms. The SMILES string of the molecule is O=c1[nH]ccc(-c2noc(C(F)(F)F)n2)c1Cc1cc(C2CC2)on1. The lowest BCUT2D eigenvalue weighted by atomic mass is 10.0. The van der Waals surface area contributed by atoms with Gasteiger partial charge in [-0.3, -0.25) is 4.79 Å². The Hall–Kier alpha value is -2.91. The van der Waals surface area contributed by atoms with Crippen LogP contribution in [0, 0.1) is 0 Å². The van der Waals surface area contributed by atoms with E-state index in [0.717, 1.165) is 18.6 Å². The van der Waals surface area contributed by atoms with Gasteiger partial charge in [0.05, 0.1) is 5.69 Å². The molecule has 0 unspecified atom stereocenters. The first-order chi connectivity index (χ1) is 11.9. The van der Waals surface area contributed by atoms with Crippen LogP contribution in [0.25, 0.3) is 11.4 Å². The molecule has 0 saturated heterocycles. The van der Waals surface area contributed by atoms with Gasteiger partial charge in [-0.15, -0.1) is 0 Å². The van der Waals surface area contributed by atoms with Crippen LogP contribution in [0.5, 0.6) is 0 Å². The minimum atomic E-state index is -4.75. The predicted octanol–water partition coefficient (Wildman–Crippen LogP) is 2.90. The molecule has 0 aliphatic heterocycles. The molecule has 1 aliphatic carbocycles. The fourth-order valence-electron chi connectivity index (χ4n) is 2.50. The summed E-state index contributed by atoms with van der Waals surface area (Å²) in [6.45, 7) is 0. The number of aromatic amines is 1. The van der Waals surface area contributed by atoms with Gasteiger partial charge in [-0.25, -0.2) is 0 Å². The van der Waals surface area contributed by atoms with Gasteiger partial charge in [0.2, 0.25) is 5.82 Å². The molecule has 3 aromatic rings. The zero-order valence-electron chi connectivity index (χ0n) is 12.6. The number of alkyl halides is 3. The summed E-state index contributed by atoms with van der Waals surface area (Å²) in [5, 5.41) is 7.26. The Morgan fingerprint density at radius 1 is 1.24 bits per heavy atom. The summed E-state index contributed by atoms with van der Waals surface area (Å²) in [6.07, 6.45) is -1.29. The molecular formula is C15H11F3N4O3. The molecule has 1 aliphatic rings. The van der Waals surface area contributed by atoms with Crippen LogP contribution in [-0.2, 0) is 12.6 Å². The molecule has 0 amide bonds. The van der Waals surface area contributed by atoms with E-state index in [4.69, 9.17) is 4.52 Å². The van der Waals surface area contributed by atoms with Crippen LogP contribution in [0.15, 0.2) is 32.2 Å². The Bertz CT molecular complexity index is 969. The first-order valence-corrected chi connectivity index (χ1v) is 7.49. The second kappa shape index (κ2) is 5.57. The zero-order chi connectivity index (χ0) is 17.6. The quantitative estimate of drug-likeness (QED) is 0.775. The normalized spacial score (nSPS) is 14.8. The molecule has 1 saturated carbocycles. The van der Waals surface area contributed by atoms with Gasteiger partial charge in [-0.05, 0) is 18.9 Å². The van der Waals surface area contributed by atoms with Gasteiger partial charge in [0.1, 0.15) is 5.76 Å². The molecule has 7 nitrogen and oxygen atoms in total. The average molecular weight is 352 g/mol. The molecule has 0 aromatic carbocycles. The lowest BCUT2D eigenvalue weighted by Crippen LogP contribution is -2.14. The second-order valence-electron chi connectivity index (χ2n) is 5.79. The number of pyridine rings is 1. The maximum absolute atomic E-state index is 12.6. The van der Waals surface area contributed by atoms with Crippen molar-refractivity contribution >= 4 is 0 Å². The van der Waals surface area contributed by atoms with E-state index in [1.807, 2.05) is 0 Å². The number of nitrogens with zero attached hydrogens (tertiary/aromatic N) is 3. The molecule has 10 heteroatoms. The Labute approximate surface area is 137 Å². The summed E-state index contributed by atoms with van der Waals surface area (Å²) in [7, 11) is 0. The van der Waals surface area contributed by atoms with Crippen molar-refractivity contribution in [3.05, 3.63) is 51.6 Å². The highest BCUT2D eigenvalue weighted by atomic mass is 19.4. The molecular weight excluding hydrogens is 341 g/mol. The largest absolute Gasteiger partial charge is 0.471 e. The number of H-pyrrole nitrogens is 1. The zero-order valence-corrected chi connectivity index (χ0v) is 12.6. The number of aromatic nitrogens is 4. The number of rotatable bonds is 4. The second-order valence-corrected chi connectivity index (χ2v) is 5.79. The number of halogens is 3. The van der Waals surface area contributed by atoms with E-state index in [0.29, 0.717) is 11.6 Å². The van der Waals surface area contributed by atoms with Gasteiger partial charge in [0.15, 0.2) is 0 Å². The fraction of sp³-hybridized carbons (Fsp3) is 0.333. The van der Waals surface area contributed by atoms with Gasteiger partial charge < -0.3 is 14.0 Å². The van der Waals surface area contributed by atoms with Crippen LogP contribution in [0.2, 0.25) is 0 Å². The molecule has 130 valence electrons. The highest BCUT2D eigenvalue weighted by Crippen LogP contribution is 2.40. The third kappa shape index (κ3) is 3.06. The van der Waals surface area contributed by atoms with E-state index in [1.165, 1.54) is 12.3 Å². The molecule has 3 heterocycles. The third-order valence-corrected chi connectivity index (χ3v) is 3.89. The van der Waals surface area contributed by atoms with Crippen LogP contribution < -0.4 is 5.56 Å². The predicted molar refractivity (Wildman–Crippen MR) is 76.6 cm³/mol. The Morgan fingerprint density at radius 3 is 2.72 bits per heavy atom. The molecule has 0 atom stereocenters. The molecule has 25 heavy (non-hydrogen) atoms. The Morgan fingerprint density at radius 2 is 2.04 bits per heavy atom.